The van der Waals surface area contributed by atoms with E-state index >= 15 is 0 Å². The minimum atomic E-state index is 0.809. The largest absolute Gasteiger partial charge is 0.316 e. The van der Waals surface area contributed by atoms with Crippen molar-refractivity contribution < 1.29 is 0 Å². The lowest BCUT2D eigenvalue weighted by atomic mass is 9.99. The van der Waals surface area contributed by atoms with E-state index in [0.29, 0.717) is 0 Å². The van der Waals surface area contributed by atoms with Crippen LogP contribution in [0.4, 0.5) is 0 Å². The van der Waals surface area contributed by atoms with Crippen molar-refractivity contribution in [2.75, 3.05) is 32.7 Å². The van der Waals surface area contributed by atoms with E-state index in [1.165, 1.54) is 32.5 Å². The second-order valence-corrected chi connectivity index (χ2v) is 4.01. The van der Waals surface area contributed by atoms with Crippen LogP contribution in [-0.2, 0) is 0 Å². The molecule has 0 spiro atoms. The Bertz CT molecular complexity index is 161. The quantitative estimate of drug-likeness (QED) is 0.647. The summed E-state index contributed by atoms with van der Waals surface area (Å²) in [5, 5.41) is 3.45. The molecule has 1 N–H and O–H groups in total. The third-order valence-corrected chi connectivity index (χ3v) is 2.69. The molecule has 0 aromatic carbocycles. The van der Waals surface area contributed by atoms with Crippen molar-refractivity contribution in [2.24, 2.45) is 5.92 Å². The van der Waals surface area contributed by atoms with Crippen LogP contribution in [0.25, 0.3) is 0 Å². The van der Waals surface area contributed by atoms with Crippen LogP contribution >= 0.6 is 0 Å². The summed E-state index contributed by atoms with van der Waals surface area (Å²) in [5.41, 5.74) is 0. The van der Waals surface area contributed by atoms with Crippen LogP contribution in [0, 0.1) is 5.92 Å². The molecular weight excluding hydrogens is 172 g/mol. The summed E-state index contributed by atoms with van der Waals surface area (Å²) in [4.78, 5) is 2.40. The molecule has 0 unspecified atom stereocenters. The molecule has 1 rings (SSSR count). The number of piperidine rings is 1. The molecule has 1 aliphatic heterocycles. The van der Waals surface area contributed by atoms with Gasteiger partial charge in [-0.3, -0.25) is 4.90 Å². The lowest BCUT2D eigenvalue weighted by Crippen LogP contribution is -2.38. The van der Waals surface area contributed by atoms with Crippen molar-refractivity contribution >= 4 is 0 Å². The fourth-order valence-electron chi connectivity index (χ4n) is 2.03. The second kappa shape index (κ2) is 6.80. The summed E-state index contributed by atoms with van der Waals surface area (Å²) in [5.74, 6) is 0.809. The van der Waals surface area contributed by atoms with Crippen LogP contribution < -0.4 is 5.32 Å². The first-order valence-corrected chi connectivity index (χ1v) is 5.51. The first-order chi connectivity index (χ1) is 6.86. The molecule has 0 aromatic heterocycles. The van der Waals surface area contributed by atoms with E-state index in [-0.39, 0.29) is 0 Å². The Balaban J connectivity index is 2.28. The van der Waals surface area contributed by atoms with Crippen LogP contribution in [0.5, 0.6) is 0 Å². The Morgan fingerprint density at radius 1 is 1.29 bits per heavy atom. The SMILES string of the molecule is C=CCN(CC=C)C[C@@H]1CCCNC1. The Morgan fingerprint density at radius 3 is 2.50 bits per heavy atom. The minimum Gasteiger partial charge on any atom is -0.316 e. The Labute approximate surface area is 87.7 Å². The third-order valence-electron chi connectivity index (χ3n) is 2.69. The average molecular weight is 194 g/mol. The number of rotatable bonds is 6. The molecule has 0 saturated carbocycles. The van der Waals surface area contributed by atoms with Crippen LogP contribution in [0.15, 0.2) is 25.3 Å². The third kappa shape index (κ3) is 4.07. The smallest absolute Gasteiger partial charge is 0.0164 e. The van der Waals surface area contributed by atoms with Gasteiger partial charge in [-0.05, 0) is 31.8 Å². The number of nitrogens with zero attached hydrogens (tertiary/aromatic N) is 1. The van der Waals surface area contributed by atoms with Crippen molar-refractivity contribution in [3.63, 3.8) is 0 Å². The molecule has 14 heavy (non-hydrogen) atoms. The highest BCUT2D eigenvalue weighted by molar-refractivity contribution is 4.82. The number of hydrogen-bond acceptors (Lipinski definition) is 2. The van der Waals surface area contributed by atoms with E-state index < -0.39 is 0 Å². The van der Waals surface area contributed by atoms with E-state index in [9.17, 15) is 0 Å². The predicted octanol–water partition coefficient (Wildman–Crippen LogP) is 1.66. The van der Waals surface area contributed by atoms with Crippen molar-refractivity contribution in [2.45, 2.75) is 12.8 Å². The molecule has 1 heterocycles. The zero-order chi connectivity index (χ0) is 10.2. The predicted molar refractivity (Wildman–Crippen MR) is 62.4 cm³/mol. The normalized spacial score (nSPS) is 22.2. The van der Waals surface area contributed by atoms with Gasteiger partial charge < -0.3 is 5.32 Å². The minimum absolute atomic E-state index is 0.809. The molecular formula is C12H22N2. The summed E-state index contributed by atoms with van der Waals surface area (Å²) < 4.78 is 0. The van der Waals surface area contributed by atoms with Gasteiger partial charge in [-0.1, -0.05) is 12.2 Å². The Kier molecular flexibility index (Phi) is 5.57. The van der Waals surface area contributed by atoms with Gasteiger partial charge in [0.25, 0.3) is 0 Å². The van der Waals surface area contributed by atoms with Crippen LogP contribution in [0.1, 0.15) is 12.8 Å². The zero-order valence-electron chi connectivity index (χ0n) is 9.04. The van der Waals surface area contributed by atoms with E-state index in [4.69, 9.17) is 0 Å². The van der Waals surface area contributed by atoms with E-state index in [2.05, 4.69) is 23.4 Å². The maximum absolute atomic E-state index is 3.78. The highest BCUT2D eigenvalue weighted by atomic mass is 15.1. The number of hydrogen-bond donors (Lipinski definition) is 1. The van der Waals surface area contributed by atoms with Gasteiger partial charge in [-0.2, -0.15) is 0 Å². The molecule has 1 aliphatic rings. The summed E-state index contributed by atoms with van der Waals surface area (Å²) >= 11 is 0. The van der Waals surface area contributed by atoms with Gasteiger partial charge in [0.1, 0.15) is 0 Å². The van der Waals surface area contributed by atoms with Gasteiger partial charge in [-0.25, -0.2) is 0 Å². The van der Waals surface area contributed by atoms with E-state index in [1.807, 2.05) is 12.2 Å². The topological polar surface area (TPSA) is 15.3 Å². The van der Waals surface area contributed by atoms with E-state index in [1.54, 1.807) is 0 Å². The fourth-order valence-corrected chi connectivity index (χ4v) is 2.03. The molecule has 0 bridgehead atoms. The Morgan fingerprint density at radius 2 is 2.00 bits per heavy atom. The molecule has 1 atom stereocenters. The monoisotopic (exact) mass is 194 g/mol. The first kappa shape index (κ1) is 11.5. The van der Waals surface area contributed by atoms with Gasteiger partial charge in [0.15, 0.2) is 0 Å². The Hall–Kier alpha value is -0.600. The highest BCUT2D eigenvalue weighted by Crippen LogP contribution is 2.11. The maximum Gasteiger partial charge on any atom is 0.0164 e. The van der Waals surface area contributed by atoms with E-state index in [0.717, 1.165) is 19.0 Å². The summed E-state index contributed by atoms with van der Waals surface area (Å²) in [6.45, 7) is 13.1. The molecule has 2 heteroatoms. The molecule has 0 aromatic rings. The van der Waals surface area contributed by atoms with Crippen molar-refractivity contribution in [1.82, 2.24) is 10.2 Å². The molecule has 80 valence electrons. The van der Waals surface area contributed by atoms with Crippen molar-refractivity contribution in [3.8, 4) is 0 Å². The molecule has 0 radical (unpaired) electrons. The average Bonchev–Trinajstić information content (AvgIpc) is 2.20. The molecule has 0 aliphatic carbocycles. The summed E-state index contributed by atoms with van der Waals surface area (Å²) in [6, 6.07) is 0. The molecule has 1 saturated heterocycles. The molecule has 2 nitrogen and oxygen atoms in total. The fraction of sp³-hybridized carbons (Fsp3) is 0.667. The first-order valence-electron chi connectivity index (χ1n) is 5.51. The van der Waals surface area contributed by atoms with Gasteiger partial charge in [0.2, 0.25) is 0 Å². The van der Waals surface area contributed by atoms with Crippen molar-refractivity contribution in [1.29, 1.82) is 0 Å². The lowest BCUT2D eigenvalue weighted by molar-refractivity contribution is 0.242. The van der Waals surface area contributed by atoms with Gasteiger partial charge in [0, 0.05) is 19.6 Å². The summed E-state index contributed by atoms with van der Waals surface area (Å²) in [7, 11) is 0. The highest BCUT2D eigenvalue weighted by Gasteiger charge is 2.15. The maximum atomic E-state index is 3.78. The van der Waals surface area contributed by atoms with Crippen LogP contribution in [-0.4, -0.2) is 37.6 Å². The second-order valence-electron chi connectivity index (χ2n) is 4.01. The molecule has 1 fully saturated rings. The van der Waals surface area contributed by atoms with Gasteiger partial charge in [0.05, 0.1) is 0 Å². The van der Waals surface area contributed by atoms with Crippen LogP contribution in [0.3, 0.4) is 0 Å². The zero-order valence-corrected chi connectivity index (χ0v) is 9.04. The lowest BCUT2D eigenvalue weighted by Gasteiger charge is -2.28. The van der Waals surface area contributed by atoms with Crippen molar-refractivity contribution in [3.05, 3.63) is 25.3 Å². The standard InChI is InChI=1S/C12H22N2/c1-3-8-14(9-4-2)11-12-6-5-7-13-10-12/h3-4,12-13H,1-2,5-11H2/t12-/m1/s1. The molecule has 0 amide bonds. The van der Waals surface area contributed by atoms with Crippen LogP contribution in [0.2, 0.25) is 0 Å². The van der Waals surface area contributed by atoms with Gasteiger partial charge in [-0.15, -0.1) is 13.2 Å². The number of nitrogens with one attached hydrogen (secondary N) is 1. The summed E-state index contributed by atoms with van der Waals surface area (Å²) in [6.07, 6.45) is 6.62. The van der Waals surface area contributed by atoms with Gasteiger partial charge >= 0.3 is 0 Å².